The Bertz CT molecular complexity index is 533. The van der Waals surface area contributed by atoms with Crippen LogP contribution in [0.2, 0.25) is 5.02 Å². The lowest BCUT2D eigenvalue weighted by atomic mass is 10.2. The smallest absolute Gasteiger partial charge is 0.287 e. The first-order valence-corrected chi connectivity index (χ1v) is 5.64. The molecule has 0 atom stereocenters. The van der Waals surface area contributed by atoms with Gasteiger partial charge in [-0.25, -0.2) is 0 Å². The minimum Gasteiger partial charge on any atom is -0.358 e. The summed E-state index contributed by atoms with van der Waals surface area (Å²) in [5.41, 5.74) is -0.0887. The number of likely N-dealkylation sites (N-methyl/N-ethyl adjacent to an activating group) is 2. The Hall–Kier alpha value is -2.15. The van der Waals surface area contributed by atoms with E-state index in [0.29, 0.717) is 0 Å². The summed E-state index contributed by atoms with van der Waals surface area (Å²) in [4.78, 5) is 34.2. The molecule has 0 unspecified atom stereocenters. The third-order valence-electron chi connectivity index (χ3n) is 2.40. The lowest BCUT2D eigenvalue weighted by molar-refractivity contribution is -0.384. The molecule has 0 saturated heterocycles. The molecule has 102 valence electrons. The van der Waals surface area contributed by atoms with Crippen LogP contribution in [-0.2, 0) is 4.79 Å². The number of halogens is 1. The van der Waals surface area contributed by atoms with E-state index in [0.717, 1.165) is 6.07 Å². The highest BCUT2D eigenvalue weighted by atomic mass is 35.5. The van der Waals surface area contributed by atoms with Crippen LogP contribution in [0.1, 0.15) is 10.4 Å². The number of nitrogens with one attached hydrogen (secondary N) is 1. The van der Waals surface area contributed by atoms with Crippen molar-refractivity contribution in [2.24, 2.45) is 0 Å². The molecule has 0 bridgehead atoms. The maximum absolute atomic E-state index is 11.9. The van der Waals surface area contributed by atoms with Crippen molar-refractivity contribution in [2.75, 3.05) is 20.6 Å². The number of rotatable bonds is 4. The summed E-state index contributed by atoms with van der Waals surface area (Å²) in [7, 11) is 2.91. The van der Waals surface area contributed by atoms with E-state index >= 15 is 0 Å². The fourth-order valence-electron chi connectivity index (χ4n) is 1.37. The summed E-state index contributed by atoms with van der Waals surface area (Å²) in [6.45, 7) is -0.107. The van der Waals surface area contributed by atoms with Crippen molar-refractivity contribution >= 4 is 29.1 Å². The van der Waals surface area contributed by atoms with Gasteiger partial charge in [0.2, 0.25) is 5.91 Å². The minimum atomic E-state index is -0.634. The first-order chi connectivity index (χ1) is 8.86. The molecule has 0 aliphatic carbocycles. The van der Waals surface area contributed by atoms with Crippen molar-refractivity contribution in [2.45, 2.75) is 0 Å². The highest BCUT2D eigenvalue weighted by Crippen LogP contribution is 2.25. The maximum Gasteiger partial charge on any atom is 0.287 e. The standard InChI is InChI=1S/C11H12ClN3O4/c1-13-10(16)6-14(2)11(17)7-3-4-9(15(18)19)8(12)5-7/h3-5H,6H2,1-2H3,(H,13,16). The van der Waals surface area contributed by atoms with E-state index in [9.17, 15) is 19.7 Å². The molecule has 0 aromatic heterocycles. The van der Waals surface area contributed by atoms with Gasteiger partial charge < -0.3 is 10.2 Å². The molecule has 19 heavy (non-hydrogen) atoms. The number of hydrogen-bond acceptors (Lipinski definition) is 4. The summed E-state index contributed by atoms with van der Waals surface area (Å²) in [6, 6.07) is 3.67. The summed E-state index contributed by atoms with van der Waals surface area (Å²) < 4.78 is 0. The Morgan fingerprint density at radius 2 is 2.11 bits per heavy atom. The number of nitro groups is 1. The summed E-state index contributed by atoms with van der Waals surface area (Å²) >= 11 is 5.71. The molecule has 0 aliphatic rings. The Labute approximate surface area is 114 Å². The zero-order valence-electron chi connectivity index (χ0n) is 10.3. The van der Waals surface area contributed by atoms with Gasteiger partial charge >= 0.3 is 0 Å². The lowest BCUT2D eigenvalue weighted by Gasteiger charge is -2.16. The fraction of sp³-hybridized carbons (Fsp3) is 0.273. The number of hydrogen-bond donors (Lipinski definition) is 1. The van der Waals surface area contributed by atoms with Crippen molar-refractivity contribution in [1.29, 1.82) is 0 Å². The van der Waals surface area contributed by atoms with Gasteiger partial charge in [-0.3, -0.25) is 19.7 Å². The molecule has 8 heteroatoms. The molecule has 1 rings (SSSR count). The van der Waals surface area contributed by atoms with E-state index in [-0.39, 0.29) is 28.7 Å². The predicted molar refractivity (Wildman–Crippen MR) is 69.1 cm³/mol. The number of nitro benzene ring substituents is 1. The molecular formula is C11H12ClN3O4. The SMILES string of the molecule is CNC(=O)CN(C)C(=O)c1ccc([N+](=O)[O-])c(Cl)c1. The van der Waals surface area contributed by atoms with E-state index in [1.165, 1.54) is 31.1 Å². The molecule has 0 radical (unpaired) electrons. The predicted octanol–water partition coefficient (Wildman–Crippen LogP) is 1.07. The van der Waals surface area contributed by atoms with Crippen LogP contribution in [0.4, 0.5) is 5.69 Å². The first-order valence-electron chi connectivity index (χ1n) is 5.26. The van der Waals surface area contributed by atoms with Crippen LogP contribution in [0.3, 0.4) is 0 Å². The monoisotopic (exact) mass is 285 g/mol. The molecule has 1 aromatic rings. The number of nitrogens with zero attached hydrogens (tertiary/aromatic N) is 2. The molecule has 0 fully saturated rings. The molecule has 2 amide bonds. The average Bonchev–Trinajstić information content (AvgIpc) is 2.36. The van der Waals surface area contributed by atoms with E-state index in [1.807, 2.05) is 0 Å². The van der Waals surface area contributed by atoms with Gasteiger partial charge in [-0.1, -0.05) is 11.6 Å². The van der Waals surface area contributed by atoms with Gasteiger partial charge in [-0.05, 0) is 12.1 Å². The van der Waals surface area contributed by atoms with E-state index < -0.39 is 10.8 Å². The van der Waals surface area contributed by atoms with Crippen LogP contribution in [-0.4, -0.2) is 42.3 Å². The second-order valence-corrected chi connectivity index (χ2v) is 4.16. The van der Waals surface area contributed by atoms with Gasteiger partial charge in [0.25, 0.3) is 11.6 Å². The number of carbonyl (C=O) groups is 2. The molecular weight excluding hydrogens is 274 g/mol. The van der Waals surface area contributed by atoms with E-state index in [4.69, 9.17) is 11.6 Å². The van der Waals surface area contributed by atoms with Gasteiger partial charge in [-0.15, -0.1) is 0 Å². The van der Waals surface area contributed by atoms with Gasteiger partial charge in [0.15, 0.2) is 0 Å². The van der Waals surface area contributed by atoms with Crippen molar-refractivity contribution in [3.05, 3.63) is 38.9 Å². The summed E-state index contributed by atoms with van der Waals surface area (Å²) in [5, 5.41) is 12.9. The molecule has 0 saturated carbocycles. The number of carbonyl (C=O) groups excluding carboxylic acids is 2. The Morgan fingerprint density at radius 3 is 2.58 bits per heavy atom. The van der Waals surface area contributed by atoms with Crippen molar-refractivity contribution in [1.82, 2.24) is 10.2 Å². The third kappa shape index (κ3) is 3.65. The second-order valence-electron chi connectivity index (χ2n) is 3.76. The Morgan fingerprint density at radius 1 is 1.47 bits per heavy atom. The number of amides is 2. The van der Waals surface area contributed by atoms with Gasteiger partial charge in [-0.2, -0.15) is 0 Å². The largest absolute Gasteiger partial charge is 0.358 e. The van der Waals surface area contributed by atoms with E-state index in [2.05, 4.69) is 5.32 Å². The summed E-state index contributed by atoms with van der Waals surface area (Å²) in [5.74, 6) is -0.760. The minimum absolute atomic E-state index is 0.107. The van der Waals surface area contributed by atoms with Gasteiger partial charge in [0.1, 0.15) is 5.02 Å². The van der Waals surface area contributed by atoms with Gasteiger partial charge in [0.05, 0.1) is 11.5 Å². The first kappa shape index (κ1) is 14.9. The lowest BCUT2D eigenvalue weighted by Crippen LogP contribution is -2.36. The van der Waals surface area contributed by atoms with Crippen molar-refractivity contribution in [3.8, 4) is 0 Å². The van der Waals surface area contributed by atoms with Crippen LogP contribution < -0.4 is 5.32 Å². The Kier molecular flexibility index (Phi) is 4.82. The van der Waals surface area contributed by atoms with Crippen LogP contribution in [0.25, 0.3) is 0 Å². The van der Waals surface area contributed by atoms with Crippen molar-refractivity contribution in [3.63, 3.8) is 0 Å². The highest BCUT2D eigenvalue weighted by Gasteiger charge is 2.18. The average molecular weight is 286 g/mol. The third-order valence-corrected chi connectivity index (χ3v) is 2.70. The van der Waals surface area contributed by atoms with Crippen LogP contribution >= 0.6 is 11.6 Å². The molecule has 7 nitrogen and oxygen atoms in total. The normalized spacial score (nSPS) is 9.84. The molecule has 0 aliphatic heterocycles. The zero-order valence-corrected chi connectivity index (χ0v) is 11.1. The van der Waals surface area contributed by atoms with Crippen LogP contribution in [0.5, 0.6) is 0 Å². The molecule has 1 aromatic carbocycles. The maximum atomic E-state index is 11.9. The molecule has 0 spiro atoms. The second kappa shape index (κ2) is 6.14. The fourth-order valence-corrected chi connectivity index (χ4v) is 1.62. The molecule has 0 heterocycles. The highest BCUT2D eigenvalue weighted by molar-refractivity contribution is 6.33. The topological polar surface area (TPSA) is 92.6 Å². The van der Waals surface area contributed by atoms with Crippen LogP contribution in [0.15, 0.2) is 18.2 Å². The number of benzene rings is 1. The van der Waals surface area contributed by atoms with Gasteiger partial charge in [0, 0.05) is 25.7 Å². The molecule has 1 N–H and O–H groups in total. The van der Waals surface area contributed by atoms with Crippen LogP contribution in [0, 0.1) is 10.1 Å². The summed E-state index contributed by atoms with van der Waals surface area (Å²) in [6.07, 6.45) is 0. The Balaban J connectivity index is 2.92. The van der Waals surface area contributed by atoms with Crippen molar-refractivity contribution < 1.29 is 14.5 Å². The zero-order chi connectivity index (χ0) is 14.6. The van der Waals surface area contributed by atoms with E-state index in [1.54, 1.807) is 0 Å². The quantitative estimate of drug-likeness (QED) is 0.661.